The van der Waals surface area contributed by atoms with Crippen molar-refractivity contribution in [3.05, 3.63) is 48.0 Å². The highest BCUT2D eigenvalue weighted by Gasteiger charge is 2.28. The summed E-state index contributed by atoms with van der Waals surface area (Å²) in [4.78, 5) is 12.8. The van der Waals surface area contributed by atoms with E-state index in [9.17, 15) is 13.2 Å². The number of hydrogen-bond donors (Lipinski definition) is 1. The van der Waals surface area contributed by atoms with E-state index >= 15 is 0 Å². The maximum absolute atomic E-state index is 12.9. The molecule has 0 radical (unpaired) electrons. The van der Waals surface area contributed by atoms with Gasteiger partial charge < -0.3 is 13.9 Å². The number of sulfonamides is 1. The van der Waals surface area contributed by atoms with Crippen molar-refractivity contribution in [2.24, 2.45) is 5.92 Å². The SMILES string of the molecule is COc1cccc(-c2nnc(NC(=O)c3ccc(S(=O)(=O)N4CCCC(C)C4)cc3)o2)c1OC. The molecule has 1 amide bonds. The molecule has 0 saturated carbocycles. The van der Waals surface area contributed by atoms with Crippen LogP contribution in [0, 0.1) is 5.92 Å². The minimum Gasteiger partial charge on any atom is -0.493 e. The van der Waals surface area contributed by atoms with Crippen LogP contribution in [-0.4, -0.2) is 56.1 Å². The Balaban J connectivity index is 1.48. The van der Waals surface area contributed by atoms with Gasteiger partial charge in [-0.25, -0.2) is 8.42 Å². The van der Waals surface area contributed by atoms with Gasteiger partial charge in [0.15, 0.2) is 11.5 Å². The van der Waals surface area contributed by atoms with Gasteiger partial charge in [0, 0.05) is 18.7 Å². The zero-order chi connectivity index (χ0) is 24.3. The molecule has 10 nitrogen and oxygen atoms in total. The molecular formula is C23H26N4O6S. The van der Waals surface area contributed by atoms with Crippen molar-refractivity contribution in [3.63, 3.8) is 0 Å². The van der Waals surface area contributed by atoms with Crippen LogP contribution in [0.25, 0.3) is 11.5 Å². The lowest BCUT2D eigenvalue weighted by Crippen LogP contribution is -2.39. The minimum atomic E-state index is -3.60. The zero-order valence-electron chi connectivity index (χ0n) is 19.1. The van der Waals surface area contributed by atoms with Crippen molar-refractivity contribution in [2.45, 2.75) is 24.7 Å². The smallest absolute Gasteiger partial charge is 0.322 e. The van der Waals surface area contributed by atoms with Crippen molar-refractivity contribution in [3.8, 4) is 23.0 Å². The molecule has 1 unspecified atom stereocenters. The van der Waals surface area contributed by atoms with Gasteiger partial charge >= 0.3 is 6.01 Å². The summed E-state index contributed by atoms with van der Waals surface area (Å²) in [6.45, 7) is 3.05. The summed E-state index contributed by atoms with van der Waals surface area (Å²) in [6.07, 6.45) is 1.86. The summed E-state index contributed by atoms with van der Waals surface area (Å²) in [6, 6.07) is 10.9. The Morgan fingerprint density at radius 3 is 2.56 bits per heavy atom. The minimum absolute atomic E-state index is 0.108. The number of amides is 1. The van der Waals surface area contributed by atoms with Crippen LogP contribution in [0.1, 0.15) is 30.1 Å². The van der Waals surface area contributed by atoms with E-state index in [2.05, 4.69) is 15.5 Å². The lowest BCUT2D eigenvalue weighted by molar-refractivity contribution is 0.102. The summed E-state index contributed by atoms with van der Waals surface area (Å²) < 4.78 is 43.6. The zero-order valence-corrected chi connectivity index (χ0v) is 20.0. The Bertz CT molecular complexity index is 1270. The van der Waals surface area contributed by atoms with Gasteiger partial charge in [-0.05, 0) is 55.2 Å². The number of piperidine rings is 1. The highest BCUT2D eigenvalue weighted by Crippen LogP contribution is 2.37. The summed E-state index contributed by atoms with van der Waals surface area (Å²) in [5, 5.41) is 10.4. The van der Waals surface area contributed by atoms with E-state index in [4.69, 9.17) is 13.9 Å². The van der Waals surface area contributed by atoms with Gasteiger partial charge in [-0.3, -0.25) is 10.1 Å². The van der Waals surface area contributed by atoms with Gasteiger partial charge in [0.2, 0.25) is 10.0 Å². The Morgan fingerprint density at radius 1 is 1.12 bits per heavy atom. The number of carbonyl (C=O) groups is 1. The molecule has 0 aliphatic carbocycles. The molecule has 0 bridgehead atoms. The van der Waals surface area contributed by atoms with E-state index in [1.54, 1.807) is 18.2 Å². The number of nitrogens with one attached hydrogen (secondary N) is 1. The van der Waals surface area contributed by atoms with Gasteiger partial charge in [0.25, 0.3) is 11.8 Å². The molecule has 1 fully saturated rings. The first-order valence-electron chi connectivity index (χ1n) is 10.8. The normalized spacial score (nSPS) is 16.7. The predicted molar refractivity (Wildman–Crippen MR) is 124 cm³/mol. The molecule has 2 heterocycles. The fourth-order valence-corrected chi connectivity index (χ4v) is 5.50. The summed E-state index contributed by atoms with van der Waals surface area (Å²) in [7, 11) is -0.583. The number of nitrogens with zero attached hydrogens (tertiary/aromatic N) is 3. The summed E-state index contributed by atoms with van der Waals surface area (Å²) in [5.74, 6) is 0.876. The predicted octanol–water partition coefficient (Wildman–Crippen LogP) is 3.43. The quantitative estimate of drug-likeness (QED) is 0.539. The Labute approximate surface area is 197 Å². The van der Waals surface area contributed by atoms with E-state index < -0.39 is 15.9 Å². The number of carbonyl (C=O) groups excluding carboxylic acids is 1. The summed E-state index contributed by atoms with van der Waals surface area (Å²) in [5.41, 5.74) is 0.765. The fraction of sp³-hybridized carbons (Fsp3) is 0.348. The van der Waals surface area contributed by atoms with Crippen LogP contribution >= 0.6 is 0 Å². The van der Waals surface area contributed by atoms with Gasteiger partial charge in [-0.1, -0.05) is 18.1 Å². The van der Waals surface area contributed by atoms with Crippen LogP contribution in [0.5, 0.6) is 11.5 Å². The number of para-hydroxylation sites is 1. The average molecular weight is 487 g/mol. The Morgan fingerprint density at radius 2 is 1.88 bits per heavy atom. The first kappa shape index (κ1) is 23.7. The van der Waals surface area contributed by atoms with Gasteiger partial charge in [-0.2, -0.15) is 4.31 Å². The van der Waals surface area contributed by atoms with E-state index in [0.717, 1.165) is 12.8 Å². The molecule has 1 N–H and O–H groups in total. The van der Waals surface area contributed by atoms with Crippen molar-refractivity contribution in [1.29, 1.82) is 0 Å². The molecule has 0 spiro atoms. The molecule has 1 aliphatic heterocycles. The third-order valence-corrected chi connectivity index (χ3v) is 7.53. The average Bonchev–Trinajstić information content (AvgIpc) is 3.31. The maximum atomic E-state index is 12.9. The lowest BCUT2D eigenvalue weighted by atomic mass is 10.0. The molecule has 3 aromatic rings. The van der Waals surface area contributed by atoms with Crippen LogP contribution in [0.15, 0.2) is 51.8 Å². The second-order valence-corrected chi connectivity index (χ2v) is 9.98. The third-order valence-electron chi connectivity index (χ3n) is 5.65. The van der Waals surface area contributed by atoms with E-state index in [0.29, 0.717) is 36.1 Å². The van der Waals surface area contributed by atoms with Crippen LogP contribution in [-0.2, 0) is 10.0 Å². The van der Waals surface area contributed by atoms with Crippen molar-refractivity contribution >= 4 is 21.9 Å². The topological polar surface area (TPSA) is 124 Å². The molecule has 2 aromatic carbocycles. The molecule has 11 heteroatoms. The van der Waals surface area contributed by atoms with Crippen LogP contribution in [0.3, 0.4) is 0 Å². The second-order valence-electron chi connectivity index (χ2n) is 8.04. The number of ether oxygens (including phenoxy) is 2. The number of benzene rings is 2. The largest absolute Gasteiger partial charge is 0.493 e. The lowest BCUT2D eigenvalue weighted by Gasteiger charge is -2.30. The molecule has 1 atom stereocenters. The van der Waals surface area contributed by atoms with Crippen LogP contribution in [0.2, 0.25) is 0 Å². The highest BCUT2D eigenvalue weighted by atomic mass is 32.2. The molecule has 1 saturated heterocycles. The van der Waals surface area contributed by atoms with Crippen LogP contribution in [0.4, 0.5) is 6.01 Å². The van der Waals surface area contributed by atoms with E-state index in [1.165, 1.54) is 42.8 Å². The highest BCUT2D eigenvalue weighted by molar-refractivity contribution is 7.89. The molecular weight excluding hydrogens is 460 g/mol. The number of anilines is 1. The van der Waals surface area contributed by atoms with E-state index in [-0.39, 0.29) is 22.4 Å². The van der Waals surface area contributed by atoms with Crippen LogP contribution < -0.4 is 14.8 Å². The van der Waals surface area contributed by atoms with Crippen molar-refractivity contribution in [1.82, 2.24) is 14.5 Å². The first-order chi connectivity index (χ1) is 16.3. The number of hydrogen-bond acceptors (Lipinski definition) is 8. The fourth-order valence-electron chi connectivity index (χ4n) is 3.90. The standard InChI is InChI=1S/C23H26N4O6S/c1-15-6-5-13-27(14-15)34(29,30)17-11-9-16(10-12-17)21(28)24-23-26-25-22(33-23)18-7-4-8-19(31-2)20(18)32-3/h4,7-12,15H,5-6,13-14H2,1-3H3,(H,24,26,28). The van der Waals surface area contributed by atoms with Gasteiger partial charge in [-0.15, -0.1) is 5.10 Å². The van der Waals surface area contributed by atoms with E-state index in [1.807, 2.05) is 6.92 Å². The molecule has 34 heavy (non-hydrogen) atoms. The molecule has 1 aliphatic rings. The molecule has 1 aromatic heterocycles. The molecule has 180 valence electrons. The van der Waals surface area contributed by atoms with Gasteiger partial charge in [0.05, 0.1) is 24.7 Å². The second kappa shape index (κ2) is 9.82. The Kier molecular flexibility index (Phi) is 6.85. The Hall–Kier alpha value is -3.44. The number of aromatic nitrogens is 2. The third kappa shape index (κ3) is 4.75. The monoisotopic (exact) mass is 486 g/mol. The molecule has 4 rings (SSSR count). The van der Waals surface area contributed by atoms with Gasteiger partial charge in [0.1, 0.15) is 0 Å². The van der Waals surface area contributed by atoms with Crippen molar-refractivity contribution in [2.75, 3.05) is 32.6 Å². The first-order valence-corrected chi connectivity index (χ1v) is 12.2. The number of methoxy groups -OCH3 is 2. The van der Waals surface area contributed by atoms with Crippen molar-refractivity contribution < 1.29 is 27.1 Å². The summed E-state index contributed by atoms with van der Waals surface area (Å²) >= 11 is 0. The maximum Gasteiger partial charge on any atom is 0.322 e. The number of rotatable bonds is 7.